The van der Waals surface area contributed by atoms with Crippen molar-refractivity contribution < 1.29 is 18.7 Å². The molecule has 0 radical (unpaired) electrons. The lowest BCUT2D eigenvalue weighted by Gasteiger charge is -2.20. The Kier molecular flexibility index (Phi) is 5.98. The van der Waals surface area contributed by atoms with Crippen molar-refractivity contribution in [1.82, 2.24) is 24.6 Å². The number of halogens is 1. The van der Waals surface area contributed by atoms with Crippen LogP contribution in [0.5, 0.6) is 11.5 Å². The van der Waals surface area contributed by atoms with Gasteiger partial charge in [-0.25, -0.2) is 14.1 Å². The first-order valence-electron chi connectivity index (χ1n) is 11.4. The van der Waals surface area contributed by atoms with Crippen LogP contribution >= 0.6 is 0 Å². The SMILES string of the molecule is COc1cc(OC)cc(C(NC(=O)c2nn(-c3ccccc3F)c3c2CCC3)c2nccn2C)c1. The lowest BCUT2D eigenvalue weighted by atomic mass is 10.0. The minimum absolute atomic E-state index is 0.301. The van der Waals surface area contributed by atoms with Crippen LogP contribution < -0.4 is 14.8 Å². The Hall–Kier alpha value is -4.14. The highest BCUT2D eigenvalue weighted by Gasteiger charge is 2.30. The lowest BCUT2D eigenvalue weighted by Crippen LogP contribution is -2.32. The van der Waals surface area contributed by atoms with Crippen molar-refractivity contribution in [3.8, 4) is 17.2 Å². The van der Waals surface area contributed by atoms with Crippen molar-refractivity contribution in [2.24, 2.45) is 7.05 Å². The van der Waals surface area contributed by atoms with Crippen LogP contribution in [0.2, 0.25) is 0 Å². The van der Waals surface area contributed by atoms with E-state index in [1.807, 2.05) is 29.9 Å². The molecular weight excluding hydrogens is 449 g/mol. The van der Waals surface area contributed by atoms with Crippen LogP contribution in [0.3, 0.4) is 0 Å². The summed E-state index contributed by atoms with van der Waals surface area (Å²) in [6.45, 7) is 0. The third kappa shape index (κ3) is 4.14. The van der Waals surface area contributed by atoms with Gasteiger partial charge in [0.2, 0.25) is 0 Å². The molecule has 2 heterocycles. The number of carbonyl (C=O) groups is 1. The van der Waals surface area contributed by atoms with Gasteiger partial charge in [-0.1, -0.05) is 12.1 Å². The summed E-state index contributed by atoms with van der Waals surface area (Å²) in [6, 6.07) is 11.3. The zero-order valence-electron chi connectivity index (χ0n) is 19.8. The van der Waals surface area contributed by atoms with Crippen LogP contribution in [-0.4, -0.2) is 39.5 Å². The molecule has 0 saturated heterocycles. The first-order chi connectivity index (χ1) is 17.0. The van der Waals surface area contributed by atoms with Crippen LogP contribution in [0.15, 0.2) is 54.9 Å². The van der Waals surface area contributed by atoms with Gasteiger partial charge in [0, 0.05) is 36.8 Å². The molecule has 4 aromatic rings. The average Bonchev–Trinajstić information content (AvgIpc) is 3.59. The second-order valence-corrected chi connectivity index (χ2v) is 8.44. The topological polar surface area (TPSA) is 83.2 Å². The summed E-state index contributed by atoms with van der Waals surface area (Å²) in [5.41, 5.74) is 3.11. The summed E-state index contributed by atoms with van der Waals surface area (Å²) in [5.74, 6) is 1.09. The molecule has 5 rings (SSSR count). The van der Waals surface area contributed by atoms with E-state index in [1.54, 1.807) is 49.4 Å². The maximum absolute atomic E-state index is 14.6. The number of aromatic nitrogens is 4. The second-order valence-electron chi connectivity index (χ2n) is 8.44. The van der Waals surface area contributed by atoms with Gasteiger partial charge in [0.25, 0.3) is 5.91 Å². The molecule has 0 bridgehead atoms. The third-order valence-electron chi connectivity index (χ3n) is 6.33. The number of hydrogen-bond donors (Lipinski definition) is 1. The largest absolute Gasteiger partial charge is 0.497 e. The van der Waals surface area contributed by atoms with E-state index in [0.717, 1.165) is 29.7 Å². The van der Waals surface area contributed by atoms with Crippen molar-refractivity contribution in [1.29, 1.82) is 0 Å². The molecule has 1 N–H and O–H groups in total. The van der Waals surface area contributed by atoms with Crippen LogP contribution in [0.1, 0.15) is 45.6 Å². The van der Waals surface area contributed by atoms with E-state index < -0.39 is 6.04 Å². The number of para-hydroxylation sites is 1. The highest BCUT2D eigenvalue weighted by molar-refractivity contribution is 5.94. The zero-order chi connectivity index (χ0) is 24.5. The first kappa shape index (κ1) is 22.6. The van der Waals surface area contributed by atoms with Crippen molar-refractivity contribution in [2.75, 3.05) is 14.2 Å². The Morgan fingerprint density at radius 3 is 2.51 bits per heavy atom. The van der Waals surface area contributed by atoms with Crippen LogP contribution in [0.25, 0.3) is 5.69 Å². The van der Waals surface area contributed by atoms with Gasteiger partial charge in [-0.05, 0) is 49.1 Å². The van der Waals surface area contributed by atoms with Crippen molar-refractivity contribution >= 4 is 5.91 Å². The molecule has 1 aliphatic rings. The lowest BCUT2D eigenvalue weighted by molar-refractivity contribution is 0.0934. The quantitative estimate of drug-likeness (QED) is 0.440. The number of ether oxygens (including phenoxy) is 2. The van der Waals surface area contributed by atoms with E-state index >= 15 is 0 Å². The smallest absolute Gasteiger partial charge is 0.272 e. The molecule has 1 aliphatic carbocycles. The normalized spacial score (nSPS) is 13.4. The van der Waals surface area contributed by atoms with Gasteiger partial charge in [-0.2, -0.15) is 5.10 Å². The summed E-state index contributed by atoms with van der Waals surface area (Å²) in [5, 5.41) is 7.67. The standard InChI is InChI=1S/C26H26FN5O3/c1-31-12-11-28-25(31)23(16-13-17(34-2)15-18(14-16)35-3)29-26(33)24-19-7-6-10-21(19)32(30-24)22-9-5-4-8-20(22)27/h4-5,8-9,11-15,23H,6-7,10H2,1-3H3,(H,29,33). The summed E-state index contributed by atoms with van der Waals surface area (Å²) >= 11 is 0. The number of hydrogen-bond acceptors (Lipinski definition) is 5. The zero-order valence-corrected chi connectivity index (χ0v) is 19.8. The van der Waals surface area contributed by atoms with Crippen LogP contribution in [0.4, 0.5) is 4.39 Å². The predicted molar refractivity (Wildman–Crippen MR) is 128 cm³/mol. The summed E-state index contributed by atoms with van der Waals surface area (Å²) in [6.07, 6.45) is 5.83. The number of fused-ring (bicyclic) bond motifs is 1. The monoisotopic (exact) mass is 475 g/mol. The molecule has 9 heteroatoms. The number of rotatable bonds is 7. The molecule has 0 spiro atoms. The van der Waals surface area contributed by atoms with Gasteiger partial charge < -0.3 is 19.4 Å². The van der Waals surface area contributed by atoms with E-state index in [2.05, 4.69) is 15.4 Å². The number of nitrogens with one attached hydrogen (secondary N) is 1. The first-order valence-corrected chi connectivity index (χ1v) is 11.4. The van der Waals surface area contributed by atoms with E-state index in [9.17, 15) is 9.18 Å². The van der Waals surface area contributed by atoms with Crippen LogP contribution in [-0.2, 0) is 19.9 Å². The third-order valence-corrected chi connectivity index (χ3v) is 6.33. The molecule has 1 amide bonds. The molecule has 0 aliphatic heterocycles. The minimum Gasteiger partial charge on any atom is -0.497 e. The second kappa shape index (κ2) is 9.25. The van der Waals surface area contributed by atoms with Gasteiger partial charge in [-0.15, -0.1) is 0 Å². The Morgan fingerprint density at radius 1 is 1.11 bits per heavy atom. The summed E-state index contributed by atoms with van der Waals surface area (Å²) in [4.78, 5) is 18.1. The molecule has 2 aromatic heterocycles. The van der Waals surface area contributed by atoms with Gasteiger partial charge >= 0.3 is 0 Å². The fraction of sp³-hybridized carbons (Fsp3) is 0.269. The Bertz CT molecular complexity index is 1370. The summed E-state index contributed by atoms with van der Waals surface area (Å²) < 4.78 is 28.9. The van der Waals surface area contributed by atoms with Gasteiger partial charge in [-0.3, -0.25) is 4.79 Å². The molecule has 180 valence electrons. The number of aryl methyl sites for hydroxylation is 1. The molecule has 2 aromatic carbocycles. The van der Waals surface area contributed by atoms with Crippen molar-refractivity contribution in [2.45, 2.75) is 25.3 Å². The fourth-order valence-corrected chi connectivity index (χ4v) is 4.59. The number of imidazole rings is 1. The van der Waals surface area contributed by atoms with Gasteiger partial charge in [0.1, 0.15) is 34.9 Å². The maximum Gasteiger partial charge on any atom is 0.272 e. The van der Waals surface area contributed by atoms with Crippen LogP contribution in [0, 0.1) is 5.82 Å². The van der Waals surface area contributed by atoms with E-state index in [0.29, 0.717) is 35.1 Å². The Labute approximate surface area is 202 Å². The summed E-state index contributed by atoms with van der Waals surface area (Å²) in [7, 11) is 5.01. The predicted octanol–water partition coefficient (Wildman–Crippen LogP) is 3.77. The molecule has 35 heavy (non-hydrogen) atoms. The number of amides is 1. The molecule has 1 atom stereocenters. The number of benzene rings is 2. The highest BCUT2D eigenvalue weighted by atomic mass is 19.1. The Morgan fingerprint density at radius 2 is 1.86 bits per heavy atom. The molecule has 0 saturated carbocycles. The fourth-order valence-electron chi connectivity index (χ4n) is 4.59. The Balaban J connectivity index is 1.56. The number of carbonyl (C=O) groups excluding carboxylic acids is 1. The van der Waals surface area contributed by atoms with Crippen molar-refractivity contribution in [3.63, 3.8) is 0 Å². The average molecular weight is 476 g/mol. The minimum atomic E-state index is -0.595. The molecular formula is C26H26FN5O3. The molecule has 0 fully saturated rings. The molecule has 1 unspecified atom stereocenters. The maximum atomic E-state index is 14.6. The van der Waals surface area contributed by atoms with Gasteiger partial charge in [0.05, 0.1) is 14.2 Å². The van der Waals surface area contributed by atoms with Gasteiger partial charge in [0.15, 0.2) is 5.69 Å². The van der Waals surface area contributed by atoms with E-state index in [1.165, 1.54) is 6.07 Å². The number of methoxy groups -OCH3 is 2. The molecule has 8 nitrogen and oxygen atoms in total. The van der Waals surface area contributed by atoms with E-state index in [4.69, 9.17) is 9.47 Å². The van der Waals surface area contributed by atoms with Crippen molar-refractivity contribution in [3.05, 3.63) is 89.0 Å². The highest BCUT2D eigenvalue weighted by Crippen LogP contribution is 2.32. The van der Waals surface area contributed by atoms with E-state index in [-0.39, 0.29) is 11.7 Å². The number of nitrogens with zero attached hydrogens (tertiary/aromatic N) is 4.